The zero-order chi connectivity index (χ0) is 27.8. The minimum absolute atomic E-state index is 0.0729. The normalized spacial score (nSPS) is 10.6. The van der Waals surface area contributed by atoms with E-state index >= 15 is 0 Å². The highest BCUT2D eigenvalue weighted by Crippen LogP contribution is 2.38. The molecule has 0 unspecified atom stereocenters. The first-order valence-corrected chi connectivity index (χ1v) is 13.2. The summed E-state index contributed by atoms with van der Waals surface area (Å²) in [6.45, 7) is 6.55. The van der Waals surface area contributed by atoms with Gasteiger partial charge in [0.25, 0.3) is 5.24 Å². The number of benzene rings is 3. The number of ether oxygens (including phenoxy) is 2. The predicted molar refractivity (Wildman–Crippen MR) is 149 cm³/mol. The van der Waals surface area contributed by atoms with Crippen LogP contribution in [0.4, 0.5) is 14.4 Å². The number of amides is 3. The lowest BCUT2D eigenvalue weighted by Crippen LogP contribution is -2.27. The number of carbonyl (C=O) groups is 3. The molecule has 39 heavy (non-hydrogen) atoms. The van der Waals surface area contributed by atoms with Gasteiger partial charge in [0.15, 0.2) is 10.8 Å². The third-order valence-electron chi connectivity index (χ3n) is 5.41. The van der Waals surface area contributed by atoms with Crippen molar-refractivity contribution >= 4 is 40.0 Å². The monoisotopic (exact) mass is 548 g/mol. The number of nitrogens with zero attached hydrogens (tertiary/aromatic N) is 3. The van der Waals surface area contributed by atoms with E-state index in [4.69, 9.17) is 9.47 Å². The Kier molecular flexibility index (Phi) is 9.00. The molecule has 0 fully saturated rings. The van der Waals surface area contributed by atoms with E-state index in [1.165, 1.54) is 10.7 Å². The Labute approximate surface area is 229 Å². The third-order valence-corrected chi connectivity index (χ3v) is 6.21. The molecule has 3 aromatic carbocycles. The van der Waals surface area contributed by atoms with Gasteiger partial charge in [-0.1, -0.05) is 47.7 Å². The van der Waals surface area contributed by atoms with E-state index in [9.17, 15) is 14.4 Å². The van der Waals surface area contributed by atoms with Crippen molar-refractivity contribution in [1.29, 1.82) is 0 Å². The maximum absolute atomic E-state index is 12.5. The first-order valence-electron chi connectivity index (χ1n) is 12.4. The number of carbonyl (C=O) groups excluding carboxylic acids is 3. The number of thioether (sulfide) groups is 1. The highest BCUT2D eigenvalue weighted by atomic mass is 32.2. The van der Waals surface area contributed by atoms with Crippen molar-refractivity contribution in [1.82, 2.24) is 30.9 Å². The second-order valence-electron chi connectivity index (χ2n) is 8.07. The van der Waals surface area contributed by atoms with E-state index in [2.05, 4.69) is 26.3 Å². The van der Waals surface area contributed by atoms with Crippen molar-refractivity contribution in [3.05, 3.63) is 60.7 Å². The molecule has 0 radical (unpaired) electrons. The highest BCUT2D eigenvalue weighted by molar-refractivity contribution is 8.13. The minimum atomic E-state index is -0.697. The molecule has 4 rings (SSSR count). The van der Waals surface area contributed by atoms with Crippen molar-refractivity contribution in [2.75, 3.05) is 19.6 Å². The first kappa shape index (κ1) is 27.5. The number of rotatable bonds is 8. The Hall–Kier alpha value is -4.58. The predicted octanol–water partition coefficient (Wildman–Crippen LogP) is 5.13. The number of hydrogen-bond donors (Lipinski definition) is 3. The Morgan fingerprint density at radius 1 is 0.846 bits per heavy atom. The first-order chi connectivity index (χ1) is 18.9. The smallest absolute Gasteiger partial charge is 0.410 e. The zero-order valence-electron chi connectivity index (χ0n) is 21.7. The van der Waals surface area contributed by atoms with Crippen molar-refractivity contribution < 1.29 is 23.9 Å². The lowest BCUT2D eigenvalue weighted by molar-refractivity contribution is 0.199. The van der Waals surface area contributed by atoms with Crippen LogP contribution in [0.1, 0.15) is 20.8 Å². The molecule has 0 spiro atoms. The van der Waals surface area contributed by atoms with E-state index in [0.29, 0.717) is 36.0 Å². The van der Waals surface area contributed by atoms with Crippen LogP contribution in [0.25, 0.3) is 27.7 Å². The zero-order valence-corrected chi connectivity index (χ0v) is 22.5. The summed E-state index contributed by atoms with van der Waals surface area (Å²) in [5.74, 6) is 0.233. The molecule has 0 saturated carbocycles. The molecule has 0 saturated heterocycles. The largest absolute Gasteiger partial charge is 0.412 e. The molecule has 0 atom stereocenters. The fourth-order valence-electron chi connectivity index (χ4n) is 3.82. The Morgan fingerprint density at radius 2 is 1.54 bits per heavy atom. The van der Waals surface area contributed by atoms with Crippen LogP contribution in [-0.2, 0) is 0 Å². The standard InChI is InChI=1S/C27H28N6O5S/c1-4-28-25(34)37-18-14-15-21(22(16-18)38-26(35)29-5-2)33-23(24(31-32-33)39-27(36)30-6-3)20-13-9-11-17-10-7-8-12-19(17)20/h7-16H,4-6H2,1-3H3,(H,28,34)(H,29,35)(H,30,36). The third kappa shape index (κ3) is 6.47. The molecule has 3 amide bonds. The van der Waals surface area contributed by atoms with E-state index in [1.54, 1.807) is 26.0 Å². The van der Waals surface area contributed by atoms with Crippen LogP contribution < -0.4 is 25.4 Å². The van der Waals surface area contributed by atoms with Crippen LogP contribution in [-0.4, -0.2) is 52.1 Å². The average Bonchev–Trinajstić information content (AvgIpc) is 3.31. The fraction of sp³-hybridized carbons (Fsp3) is 0.222. The molecule has 0 bridgehead atoms. The molecule has 4 aromatic rings. The summed E-state index contributed by atoms with van der Waals surface area (Å²) >= 11 is 0.916. The van der Waals surface area contributed by atoms with E-state index in [0.717, 1.165) is 28.1 Å². The molecule has 1 heterocycles. The van der Waals surface area contributed by atoms with Gasteiger partial charge >= 0.3 is 12.2 Å². The lowest BCUT2D eigenvalue weighted by atomic mass is 10.0. The Balaban J connectivity index is 1.90. The van der Waals surface area contributed by atoms with Crippen molar-refractivity contribution in [2.24, 2.45) is 0 Å². The van der Waals surface area contributed by atoms with E-state index < -0.39 is 12.2 Å². The van der Waals surface area contributed by atoms with Gasteiger partial charge in [0.05, 0.1) is 0 Å². The molecule has 11 nitrogen and oxygen atoms in total. The van der Waals surface area contributed by atoms with Crippen molar-refractivity contribution in [2.45, 2.75) is 25.8 Å². The summed E-state index contributed by atoms with van der Waals surface area (Å²) in [5, 5.41) is 18.6. The number of aromatic nitrogens is 3. The van der Waals surface area contributed by atoms with Crippen LogP contribution in [0.5, 0.6) is 11.5 Å². The Morgan fingerprint density at radius 3 is 2.28 bits per heavy atom. The van der Waals surface area contributed by atoms with Gasteiger partial charge < -0.3 is 25.4 Å². The molecular formula is C27H28N6O5S. The summed E-state index contributed by atoms with van der Waals surface area (Å²) in [6, 6.07) is 18.2. The van der Waals surface area contributed by atoms with Gasteiger partial charge in [0.1, 0.15) is 17.1 Å². The summed E-state index contributed by atoms with van der Waals surface area (Å²) < 4.78 is 12.4. The molecule has 0 aliphatic rings. The summed E-state index contributed by atoms with van der Waals surface area (Å²) in [6.07, 6.45) is -1.34. The van der Waals surface area contributed by atoms with Crippen LogP contribution in [0, 0.1) is 0 Å². The molecule has 0 aliphatic heterocycles. The van der Waals surface area contributed by atoms with E-state index in [-0.39, 0.29) is 16.7 Å². The molecule has 202 valence electrons. The van der Waals surface area contributed by atoms with E-state index in [1.807, 2.05) is 49.4 Å². The van der Waals surface area contributed by atoms with Crippen LogP contribution >= 0.6 is 11.8 Å². The summed E-state index contributed by atoms with van der Waals surface area (Å²) in [5.41, 5.74) is 1.65. The second kappa shape index (κ2) is 12.8. The number of hydrogen-bond acceptors (Lipinski definition) is 8. The minimum Gasteiger partial charge on any atom is -0.410 e. The maximum atomic E-state index is 12.5. The Bertz CT molecular complexity index is 1500. The van der Waals surface area contributed by atoms with Gasteiger partial charge in [-0.3, -0.25) is 4.79 Å². The molecule has 0 aliphatic carbocycles. The van der Waals surface area contributed by atoms with Crippen molar-refractivity contribution in [3.8, 4) is 28.4 Å². The lowest BCUT2D eigenvalue weighted by Gasteiger charge is -2.15. The van der Waals surface area contributed by atoms with Crippen LogP contribution in [0.15, 0.2) is 65.7 Å². The SMILES string of the molecule is CCNC(=O)Oc1ccc(-n2nnc(SC(=O)NCC)c2-c2cccc3ccccc23)c(OC(=O)NCC)c1. The van der Waals surface area contributed by atoms with Crippen LogP contribution in [0.2, 0.25) is 0 Å². The highest BCUT2D eigenvalue weighted by Gasteiger charge is 2.24. The molecule has 12 heteroatoms. The quantitative estimate of drug-likeness (QED) is 0.258. The van der Waals surface area contributed by atoms with Gasteiger partial charge in [-0.15, -0.1) is 5.10 Å². The van der Waals surface area contributed by atoms with Gasteiger partial charge in [-0.05, 0) is 55.4 Å². The summed E-state index contributed by atoms with van der Waals surface area (Å²) in [4.78, 5) is 37.0. The van der Waals surface area contributed by atoms with Gasteiger partial charge in [0, 0.05) is 31.3 Å². The average molecular weight is 549 g/mol. The number of nitrogens with one attached hydrogen (secondary N) is 3. The maximum Gasteiger partial charge on any atom is 0.412 e. The summed E-state index contributed by atoms with van der Waals surface area (Å²) in [7, 11) is 0. The second-order valence-corrected chi connectivity index (χ2v) is 9.03. The van der Waals surface area contributed by atoms with Gasteiger partial charge in [0.2, 0.25) is 0 Å². The van der Waals surface area contributed by atoms with Gasteiger partial charge in [-0.2, -0.15) is 0 Å². The van der Waals surface area contributed by atoms with Gasteiger partial charge in [-0.25, -0.2) is 14.3 Å². The van der Waals surface area contributed by atoms with Crippen LogP contribution in [0.3, 0.4) is 0 Å². The number of fused-ring (bicyclic) bond motifs is 1. The molecular weight excluding hydrogens is 520 g/mol. The molecule has 1 aromatic heterocycles. The molecule has 3 N–H and O–H groups in total. The topological polar surface area (TPSA) is 136 Å². The fourth-order valence-corrected chi connectivity index (χ4v) is 4.58. The van der Waals surface area contributed by atoms with Crippen molar-refractivity contribution in [3.63, 3.8) is 0 Å².